The molecular weight excluding hydrogens is 282 g/mol. The van der Waals surface area contributed by atoms with Crippen LogP contribution >= 0.6 is 11.8 Å². The fourth-order valence-electron chi connectivity index (χ4n) is 2.18. The van der Waals surface area contributed by atoms with Gasteiger partial charge >= 0.3 is 0 Å². The number of aliphatic hydroxyl groups is 4. The molecule has 0 radical (unpaired) electrons. The predicted octanol–water partition coefficient (Wildman–Crippen LogP) is -0.571. The molecule has 1 rings (SSSR count). The number of thioether (sulfide) groups is 1. The Balaban J connectivity index is 2.21. The van der Waals surface area contributed by atoms with Gasteiger partial charge in [-0.3, -0.25) is 0 Å². The van der Waals surface area contributed by atoms with Crippen molar-refractivity contribution in [2.75, 3.05) is 18.9 Å². The zero-order valence-electron chi connectivity index (χ0n) is 11.7. The van der Waals surface area contributed by atoms with Crippen LogP contribution in [0.25, 0.3) is 0 Å². The van der Waals surface area contributed by atoms with Crippen LogP contribution in [0, 0.1) is 0 Å². The number of hydrogen-bond acceptors (Lipinski definition) is 7. The third kappa shape index (κ3) is 5.48. The van der Waals surface area contributed by atoms with Crippen molar-refractivity contribution in [1.29, 1.82) is 0 Å². The van der Waals surface area contributed by atoms with Crippen LogP contribution in [-0.2, 0) is 4.74 Å². The van der Waals surface area contributed by atoms with Crippen molar-refractivity contribution in [3.8, 4) is 0 Å². The van der Waals surface area contributed by atoms with Gasteiger partial charge in [0.05, 0.1) is 6.61 Å². The Morgan fingerprint density at radius 3 is 2.20 bits per heavy atom. The van der Waals surface area contributed by atoms with Crippen LogP contribution in [0.3, 0.4) is 0 Å². The van der Waals surface area contributed by atoms with E-state index in [1.165, 1.54) is 11.8 Å². The molecule has 0 aromatic heterocycles. The van der Waals surface area contributed by atoms with E-state index in [2.05, 4.69) is 0 Å². The van der Waals surface area contributed by atoms with Gasteiger partial charge in [-0.25, -0.2) is 0 Å². The van der Waals surface area contributed by atoms with Crippen molar-refractivity contribution < 1.29 is 25.2 Å². The summed E-state index contributed by atoms with van der Waals surface area (Å²) in [5.74, 6) is 0.811. The SMILES string of the molecule is NCCCCCCCS[C@H]1O[C@H](CO)[C@@H](O)[C@H](O)[C@@H]1O. The number of rotatable bonds is 9. The predicted molar refractivity (Wildman–Crippen MR) is 78.4 cm³/mol. The molecule has 6 N–H and O–H groups in total. The Morgan fingerprint density at radius 2 is 1.55 bits per heavy atom. The molecule has 1 fully saturated rings. The van der Waals surface area contributed by atoms with Gasteiger partial charge in [-0.1, -0.05) is 19.3 Å². The van der Waals surface area contributed by atoms with Crippen LogP contribution in [-0.4, -0.2) is 69.2 Å². The first kappa shape index (κ1) is 18.2. The highest BCUT2D eigenvalue weighted by atomic mass is 32.2. The van der Waals surface area contributed by atoms with Crippen molar-refractivity contribution in [2.45, 2.75) is 62.0 Å². The largest absolute Gasteiger partial charge is 0.394 e. The molecule has 0 aromatic rings. The van der Waals surface area contributed by atoms with Gasteiger partial charge in [0.2, 0.25) is 0 Å². The highest BCUT2D eigenvalue weighted by Gasteiger charge is 2.43. The first-order valence-corrected chi connectivity index (χ1v) is 8.29. The summed E-state index contributed by atoms with van der Waals surface area (Å²) < 4.78 is 5.41. The van der Waals surface area contributed by atoms with Gasteiger partial charge in [-0.15, -0.1) is 11.8 Å². The van der Waals surface area contributed by atoms with Gasteiger partial charge in [0.1, 0.15) is 29.9 Å². The van der Waals surface area contributed by atoms with E-state index in [0.29, 0.717) is 0 Å². The molecule has 6 nitrogen and oxygen atoms in total. The number of ether oxygens (including phenoxy) is 1. The molecular formula is C13H27NO5S. The van der Waals surface area contributed by atoms with Crippen LogP contribution in [0.5, 0.6) is 0 Å². The first-order chi connectivity index (χ1) is 9.61. The minimum atomic E-state index is -1.28. The maximum Gasteiger partial charge on any atom is 0.132 e. The summed E-state index contributed by atoms with van der Waals surface area (Å²) in [5.41, 5.74) is 4.82. The number of hydrogen-bond donors (Lipinski definition) is 5. The Kier molecular flexibility index (Phi) is 9.03. The van der Waals surface area contributed by atoms with Crippen molar-refractivity contribution in [3.05, 3.63) is 0 Å². The van der Waals surface area contributed by atoms with E-state index in [0.717, 1.165) is 44.4 Å². The van der Waals surface area contributed by atoms with Crippen LogP contribution < -0.4 is 5.73 Å². The van der Waals surface area contributed by atoms with Crippen LogP contribution in [0.1, 0.15) is 32.1 Å². The fourth-order valence-corrected chi connectivity index (χ4v) is 3.36. The van der Waals surface area contributed by atoms with Crippen molar-refractivity contribution in [3.63, 3.8) is 0 Å². The third-order valence-electron chi connectivity index (χ3n) is 3.48. The summed E-state index contributed by atoms with van der Waals surface area (Å²) in [6, 6.07) is 0. The van der Waals surface area contributed by atoms with Gasteiger partial charge in [0, 0.05) is 0 Å². The van der Waals surface area contributed by atoms with E-state index in [-0.39, 0.29) is 6.61 Å². The first-order valence-electron chi connectivity index (χ1n) is 7.24. The molecule has 0 bridgehead atoms. The normalized spacial score (nSPS) is 34.4. The second kappa shape index (κ2) is 9.94. The minimum absolute atomic E-state index is 0.374. The van der Waals surface area contributed by atoms with E-state index in [9.17, 15) is 15.3 Å². The van der Waals surface area contributed by atoms with Gasteiger partial charge in [-0.05, 0) is 25.1 Å². The average molecular weight is 309 g/mol. The summed E-state index contributed by atoms with van der Waals surface area (Å²) in [6.07, 6.45) is 0.957. The summed E-state index contributed by atoms with van der Waals surface area (Å²) in [4.78, 5) is 0. The monoisotopic (exact) mass is 309 g/mol. The highest BCUT2D eigenvalue weighted by Crippen LogP contribution is 2.29. The van der Waals surface area contributed by atoms with Gasteiger partial charge < -0.3 is 30.9 Å². The molecule has 0 amide bonds. The molecule has 20 heavy (non-hydrogen) atoms. The molecule has 0 saturated carbocycles. The zero-order chi connectivity index (χ0) is 15.0. The van der Waals surface area contributed by atoms with E-state index in [1.807, 2.05) is 0 Å². The topological polar surface area (TPSA) is 116 Å². The number of nitrogens with two attached hydrogens (primary N) is 1. The summed E-state index contributed by atoms with van der Waals surface area (Å²) in [7, 11) is 0. The lowest BCUT2D eigenvalue weighted by molar-refractivity contribution is -0.205. The van der Waals surface area contributed by atoms with Crippen LogP contribution in [0.4, 0.5) is 0 Å². The van der Waals surface area contributed by atoms with Gasteiger partial charge in [-0.2, -0.15) is 0 Å². The zero-order valence-corrected chi connectivity index (χ0v) is 12.5. The lowest BCUT2D eigenvalue weighted by Crippen LogP contribution is -2.57. The second-order valence-corrected chi connectivity index (χ2v) is 6.33. The van der Waals surface area contributed by atoms with Crippen molar-refractivity contribution in [2.24, 2.45) is 5.73 Å². The molecule has 0 spiro atoms. The van der Waals surface area contributed by atoms with Gasteiger partial charge in [0.25, 0.3) is 0 Å². The summed E-state index contributed by atoms with van der Waals surface area (Å²) >= 11 is 1.42. The van der Waals surface area contributed by atoms with Crippen molar-refractivity contribution in [1.82, 2.24) is 0 Å². The number of unbranched alkanes of at least 4 members (excludes halogenated alkanes) is 4. The van der Waals surface area contributed by atoms with Gasteiger partial charge in [0.15, 0.2) is 0 Å². The summed E-state index contributed by atoms with van der Waals surface area (Å²) in [5, 5.41) is 38.2. The standard InChI is InChI=1S/C13H27NO5S/c14-6-4-2-1-3-5-7-20-13-12(18)11(17)10(16)9(8-15)19-13/h9-13,15-18H,1-8,14H2/t9-,10-,11+,12+,13-/m1/s1. The summed E-state index contributed by atoms with van der Waals surface area (Å²) in [6.45, 7) is 0.362. The Bertz CT molecular complexity index is 257. The molecule has 1 aliphatic rings. The lowest BCUT2D eigenvalue weighted by atomic mass is 10.0. The molecule has 0 aliphatic carbocycles. The van der Waals surface area contributed by atoms with E-state index in [4.69, 9.17) is 15.6 Å². The van der Waals surface area contributed by atoms with E-state index in [1.54, 1.807) is 0 Å². The quantitative estimate of drug-likeness (QED) is 0.362. The minimum Gasteiger partial charge on any atom is -0.394 e. The number of aliphatic hydroxyl groups excluding tert-OH is 4. The Morgan fingerprint density at radius 1 is 0.900 bits per heavy atom. The van der Waals surface area contributed by atoms with E-state index < -0.39 is 29.9 Å². The smallest absolute Gasteiger partial charge is 0.132 e. The average Bonchev–Trinajstić information content (AvgIpc) is 2.46. The maximum atomic E-state index is 9.84. The molecule has 1 saturated heterocycles. The van der Waals surface area contributed by atoms with E-state index >= 15 is 0 Å². The highest BCUT2D eigenvalue weighted by molar-refractivity contribution is 7.99. The molecule has 0 aromatic carbocycles. The molecule has 1 heterocycles. The van der Waals surface area contributed by atoms with Crippen molar-refractivity contribution >= 4 is 11.8 Å². The molecule has 1 aliphatic heterocycles. The van der Waals surface area contributed by atoms with Crippen LogP contribution in [0.15, 0.2) is 0 Å². The Labute approximate surface area is 124 Å². The fraction of sp³-hybridized carbons (Fsp3) is 1.00. The van der Waals surface area contributed by atoms with Crippen LogP contribution in [0.2, 0.25) is 0 Å². The maximum absolute atomic E-state index is 9.84. The second-order valence-electron chi connectivity index (χ2n) is 5.12. The third-order valence-corrected chi connectivity index (χ3v) is 4.72. The lowest BCUT2D eigenvalue weighted by Gasteiger charge is -2.39. The molecule has 7 heteroatoms. The Hall–Kier alpha value is 0.110. The molecule has 120 valence electrons. The molecule has 5 atom stereocenters. The molecule has 0 unspecified atom stereocenters.